The second kappa shape index (κ2) is 6.06. The summed E-state index contributed by atoms with van der Waals surface area (Å²) in [4.78, 5) is 16.0. The number of nitrogen functional groups attached to an aromatic ring is 1. The monoisotopic (exact) mass is 332 g/mol. The molecule has 21 heavy (non-hydrogen) atoms. The van der Waals surface area contributed by atoms with Crippen molar-refractivity contribution in [3.8, 4) is 0 Å². The van der Waals surface area contributed by atoms with Gasteiger partial charge < -0.3 is 10.6 Å². The summed E-state index contributed by atoms with van der Waals surface area (Å²) in [5.74, 6) is 1.41. The van der Waals surface area contributed by atoms with E-state index in [-0.39, 0.29) is 23.1 Å². The van der Waals surface area contributed by atoms with E-state index in [1.807, 2.05) is 0 Å². The minimum Gasteiger partial charge on any atom is -0.383 e. The van der Waals surface area contributed by atoms with Crippen LogP contribution in [0.2, 0.25) is 0 Å². The van der Waals surface area contributed by atoms with E-state index in [0.717, 1.165) is 11.8 Å². The Morgan fingerprint density at radius 3 is 2.90 bits per heavy atom. The van der Waals surface area contributed by atoms with Crippen molar-refractivity contribution < 1.29 is 13.3 Å². The Morgan fingerprint density at radius 1 is 1.57 bits per heavy atom. The van der Waals surface area contributed by atoms with Crippen molar-refractivity contribution in [3.63, 3.8) is 0 Å². The van der Waals surface area contributed by atoms with Crippen LogP contribution in [0.5, 0.6) is 0 Å². The summed E-state index contributed by atoms with van der Waals surface area (Å²) in [5.41, 5.74) is 5.40. The molecular formula is C11H16N4O4S2. The molecule has 0 amide bonds. The van der Waals surface area contributed by atoms with Gasteiger partial charge in [-0.2, -0.15) is 11.8 Å². The van der Waals surface area contributed by atoms with Gasteiger partial charge in [0.05, 0.1) is 17.1 Å². The number of nitrogens with zero attached hydrogens (tertiary/aromatic N) is 3. The lowest BCUT2D eigenvalue weighted by Gasteiger charge is -2.35. The molecule has 0 saturated carbocycles. The first-order valence-corrected chi connectivity index (χ1v) is 9.20. The molecule has 1 unspecified atom stereocenters. The number of anilines is 2. The number of nitro groups is 1. The SMILES string of the molecule is CCS(=O)(=O)C1CSCCN1c1cc([N+](=O)[O-])cc(N)n1. The summed E-state index contributed by atoms with van der Waals surface area (Å²) in [6.45, 7) is 2.05. The van der Waals surface area contributed by atoms with Gasteiger partial charge in [-0.25, -0.2) is 13.4 Å². The number of hydrogen-bond acceptors (Lipinski definition) is 8. The van der Waals surface area contributed by atoms with Crippen LogP contribution in [0, 0.1) is 10.1 Å². The molecule has 1 saturated heterocycles. The largest absolute Gasteiger partial charge is 0.383 e. The van der Waals surface area contributed by atoms with Crippen LogP contribution in [0.4, 0.5) is 17.3 Å². The highest BCUT2D eigenvalue weighted by molar-refractivity contribution is 8.01. The fourth-order valence-electron chi connectivity index (χ4n) is 2.11. The van der Waals surface area contributed by atoms with E-state index in [0.29, 0.717) is 12.3 Å². The summed E-state index contributed by atoms with van der Waals surface area (Å²) in [6.07, 6.45) is 0. The second-order valence-corrected chi connectivity index (χ2v) is 8.14. The van der Waals surface area contributed by atoms with Crippen molar-refractivity contribution in [2.75, 3.05) is 34.4 Å². The highest BCUT2D eigenvalue weighted by Crippen LogP contribution is 2.29. The lowest BCUT2D eigenvalue weighted by Crippen LogP contribution is -2.48. The Kier molecular flexibility index (Phi) is 4.57. The van der Waals surface area contributed by atoms with Crippen molar-refractivity contribution in [2.24, 2.45) is 0 Å². The van der Waals surface area contributed by atoms with Gasteiger partial charge in [0.2, 0.25) is 0 Å². The summed E-state index contributed by atoms with van der Waals surface area (Å²) < 4.78 is 24.4. The molecule has 1 atom stereocenters. The number of sulfone groups is 1. The van der Waals surface area contributed by atoms with Crippen LogP contribution in [0.1, 0.15) is 6.92 Å². The van der Waals surface area contributed by atoms with Crippen LogP contribution in [0.25, 0.3) is 0 Å². The minimum atomic E-state index is -3.31. The normalized spacial score (nSPS) is 19.5. The molecule has 1 fully saturated rings. The van der Waals surface area contributed by atoms with Gasteiger partial charge in [-0.05, 0) is 0 Å². The standard InChI is InChI=1S/C11H16N4O4S2/c1-2-21(18,19)11-7-20-4-3-14(11)10-6-8(15(16)17)5-9(12)13-10/h5-6,11H,2-4,7H2,1H3,(H2,12,13). The number of pyridine rings is 1. The Bertz CT molecular complexity index is 650. The van der Waals surface area contributed by atoms with Gasteiger partial charge in [0.15, 0.2) is 9.84 Å². The highest BCUT2D eigenvalue weighted by atomic mass is 32.2. The molecule has 116 valence electrons. The highest BCUT2D eigenvalue weighted by Gasteiger charge is 2.34. The van der Waals surface area contributed by atoms with E-state index in [4.69, 9.17) is 5.73 Å². The van der Waals surface area contributed by atoms with Crippen LogP contribution in [-0.2, 0) is 9.84 Å². The molecule has 1 aromatic heterocycles. The topological polar surface area (TPSA) is 119 Å². The Morgan fingerprint density at radius 2 is 2.29 bits per heavy atom. The van der Waals surface area contributed by atoms with Gasteiger partial charge in [-0.15, -0.1) is 0 Å². The third-order valence-electron chi connectivity index (χ3n) is 3.22. The van der Waals surface area contributed by atoms with Gasteiger partial charge in [0.1, 0.15) is 17.0 Å². The van der Waals surface area contributed by atoms with Gasteiger partial charge in [0.25, 0.3) is 5.69 Å². The minimum absolute atomic E-state index is 0.00470. The van der Waals surface area contributed by atoms with E-state index in [9.17, 15) is 18.5 Å². The molecule has 1 aliphatic rings. The van der Waals surface area contributed by atoms with Crippen LogP contribution in [0.15, 0.2) is 12.1 Å². The van der Waals surface area contributed by atoms with Crippen LogP contribution >= 0.6 is 11.8 Å². The smallest absolute Gasteiger partial charge is 0.276 e. The molecule has 1 aromatic rings. The molecule has 2 N–H and O–H groups in total. The lowest BCUT2D eigenvalue weighted by atomic mass is 10.3. The number of aromatic nitrogens is 1. The third kappa shape index (κ3) is 3.38. The molecule has 8 nitrogen and oxygen atoms in total. The first kappa shape index (κ1) is 15.8. The van der Waals surface area contributed by atoms with E-state index in [1.165, 1.54) is 6.07 Å². The van der Waals surface area contributed by atoms with Crippen LogP contribution in [-0.4, -0.2) is 47.5 Å². The average Bonchev–Trinajstić information content (AvgIpc) is 2.46. The predicted octanol–water partition coefficient (Wildman–Crippen LogP) is 0.886. The predicted molar refractivity (Wildman–Crippen MR) is 83.2 cm³/mol. The molecule has 0 radical (unpaired) electrons. The maximum Gasteiger partial charge on any atom is 0.276 e. The zero-order valence-electron chi connectivity index (χ0n) is 11.4. The Hall–Kier alpha value is -1.55. The van der Waals surface area contributed by atoms with Gasteiger partial charge in [-0.3, -0.25) is 10.1 Å². The molecular weight excluding hydrogens is 316 g/mol. The number of rotatable bonds is 4. The molecule has 0 aromatic carbocycles. The van der Waals surface area contributed by atoms with E-state index in [2.05, 4.69) is 4.98 Å². The summed E-state index contributed by atoms with van der Waals surface area (Å²) >= 11 is 1.54. The maximum absolute atomic E-state index is 12.2. The fraction of sp³-hybridized carbons (Fsp3) is 0.545. The van der Waals surface area contributed by atoms with E-state index >= 15 is 0 Å². The van der Waals surface area contributed by atoms with Gasteiger partial charge >= 0.3 is 0 Å². The summed E-state index contributed by atoms with van der Waals surface area (Å²) in [5, 5.41) is 10.2. The number of hydrogen-bond donors (Lipinski definition) is 1. The molecule has 2 rings (SSSR count). The van der Waals surface area contributed by atoms with Crippen molar-refractivity contribution in [1.82, 2.24) is 4.98 Å². The zero-order valence-corrected chi connectivity index (χ0v) is 13.1. The second-order valence-electron chi connectivity index (χ2n) is 4.54. The molecule has 2 heterocycles. The molecule has 0 spiro atoms. The first-order valence-electron chi connectivity index (χ1n) is 6.33. The first-order chi connectivity index (χ1) is 9.85. The van der Waals surface area contributed by atoms with Crippen molar-refractivity contribution in [1.29, 1.82) is 0 Å². The van der Waals surface area contributed by atoms with Crippen LogP contribution < -0.4 is 10.6 Å². The van der Waals surface area contributed by atoms with E-state index < -0.39 is 20.1 Å². The quantitative estimate of drug-likeness (QED) is 0.637. The average molecular weight is 332 g/mol. The van der Waals surface area contributed by atoms with Crippen molar-refractivity contribution >= 4 is 38.9 Å². The Labute approximate surface area is 126 Å². The van der Waals surface area contributed by atoms with Crippen LogP contribution in [0.3, 0.4) is 0 Å². The Balaban J connectivity index is 2.45. The fourth-order valence-corrected chi connectivity index (χ4v) is 5.09. The summed E-state index contributed by atoms with van der Waals surface area (Å²) in [7, 11) is -3.31. The number of thioether (sulfide) groups is 1. The van der Waals surface area contributed by atoms with E-state index in [1.54, 1.807) is 23.6 Å². The van der Waals surface area contributed by atoms with Crippen molar-refractivity contribution in [3.05, 3.63) is 22.2 Å². The lowest BCUT2D eigenvalue weighted by molar-refractivity contribution is -0.384. The molecule has 0 bridgehead atoms. The van der Waals surface area contributed by atoms with Gasteiger partial charge in [-0.1, -0.05) is 6.92 Å². The summed E-state index contributed by atoms with van der Waals surface area (Å²) in [6, 6.07) is 2.43. The molecule has 1 aliphatic heterocycles. The number of nitrogens with two attached hydrogens (primary N) is 1. The molecule has 10 heteroatoms. The zero-order chi connectivity index (χ0) is 15.6. The maximum atomic E-state index is 12.2. The third-order valence-corrected chi connectivity index (χ3v) is 6.51. The van der Waals surface area contributed by atoms with Gasteiger partial charge in [0, 0.05) is 23.8 Å². The molecule has 0 aliphatic carbocycles. The van der Waals surface area contributed by atoms with Crippen molar-refractivity contribution in [2.45, 2.75) is 12.3 Å².